The van der Waals surface area contributed by atoms with E-state index in [0.29, 0.717) is 32.6 Å². The van der Waals surface area contributed by atoms with E-state index in [1.807, 2.05) is 56.0 Å². The molecule has 0 spiro atoms. The minimum atomic E-state index is -0.527. The number of aromatic nitrogens is 2. The lowest BCUT2D eigenvalue weighted by molar-refractivity contribution is 0.0122. The van der Waals surface area contributed by atoms with Crippen molar-refractivity contribution in [2.75, 3.05) is 24.5 Å². The highest BCUT2D eigenvalue weighted by atomic mass is 35.5. The van der Waals surface area contributed by atoms with Crippen LogP contribution in [0.15, 0.2) is 30.3 Å². The number of fused-ring (bicyclic) bond motifs is 3. The normalized spacial score (nSPS) is 21.3. The van der Waals surface area contributed by atoms with E-state index >= 15 is 0 Å². The molecule has 5 rings (SSSR count). The number of rotatable bonds is 3. The summed E-state index contributed by atoms with van der Waals surface area (Å²) in [5.41, 5.74) is 2.17. The maximum absolute atomic E-state index is 12.8. The molecule has 2 amide bonds. The zero-order valence-corrected chi connectivity index (χ0v) is 21.7. The first-order valence-electron chi connectivity index (χ1n) is 12.4. The predicted molar refractivity (Wildman–Crippen MR) is 135 cm³/mol. The highest BCUT2D eigenvalue weighted by Gasteiger charge is 2.45. The lowest BCUT2D eigenvalue weighted by atomic mass is 10.0. The molecule has 0 aliphatic carbocycles. The quantitative estimate of drug-likeness (QED) is 0.561. The van der Waals surface area contributed by atoms with Gasteiger partial charge in [0.2, 0.25) is 5.28 Å². The molecule has 36 heavy (non-hydrogen) atoms. The highest BCUT2D eigenvalue weighted by Crippen LogP contribution is 2.36. The van der Waals surface area contributed by atoms with Gasteiger partial charge in [-0.3, -0.25) is 4.90 Å². The average molecular weight is 514 g/mol. The van der Waals surface area contributed by atoms with Crippen molar-refractivity contribution < 1.29 is 19.1 Å². The summed E-state index contributed by atoms with van der Waals surface area (Å²) in [6.45, 7) is 8.06. The summed E-state index contributed by atoms with van der Waals surface area (Å²) >= 11 is 6.34. The summed E-state index contributed by atoms with van der Waals surface area (Å²) in [7, 11) is 0. The maximum Gasteiger partial charge on any atom is 0.410 e. The monoisotopic (exact) mass is 513 g/mol. The molecular formula is C26H32ClN5O4. The summed E-state index contributed by atoms with van der Waals surface area (Å²) in [6, 6.07) is 9.74. The van der Waals surface area contributed by atoms with Crippen LogP contribution in [0.1, 0.15) is 50.4 Å². The molecule has 1 aromatic heterocycles. The maximum atomic E-state index is 12.8. The van der Waals surface area contributed by atoms with E-state index in [-0.39, 0.29) is 36.2 Å². The second-order valence-electron chi connectivity index (χ2n) is 10.6. The predicted octanol–water partition coefficient (Wildman–Crippen LogP) is 4.41. The summed E-state index contributed by atoms with van der Waals surface area (Å²) < 4.78 is 11.2. The SMILES string of the molecule is CC(C)(C)OC(=O)N1[C@@H]2CC[C@H]1CN(c1nc(Cl)nc3c1CCN(C(=O)OCc1ccccc1)C3)C2. The Labute approximate surface area is 216 Å². The van der Waals surface area contributed by atoms with E-state index in [1.54, 1.807) is 4.90 Å². The lowest BCUT2D eigenvalue weighted by Crippen LogP contribution is -2.57. The van der Waals surface area contributed by atoms with Crippen molar-refractivity contribution in [3.05, 3.63) is 52.4 Å². The molecule has 2 fully saturated rings. The smallest absolute Gasteiger partial charge is 0.410 e. The Kier molecular flexibility index (Phi) is 6.68. The molecule has 192 valence electrons. The van der Waals surface area contributed by atoms with Gasteiger partial charge in [0.25, 0.3) is 0 Å². The van der Waals surface area contributed by atoms with Gasteiger partial charge in [-0.2, -0.15) is 0 Å². The van der Waals surface area contributed by atoms with E-state index in [1.165, 1.54) is 0 Å². The zero-order chi connectivity index (χ0) is 25.4. The number of carbonyl (C=O) groups is 2. The van der Waals surface area contributed by atoms with Crippen LogP contribution < -0.4 is 4.90 Å². The first-order valence-corrected chi connectivity index (χ1v) is 12.8. The van der Waals surface area contributed by atoms with Crippen molar-refractivity contribution in [1.82, 2.24) is 19.8 Å². The number of piperazine rings is 1. The van der Waals surface area contributed by atoms with Crippen molar-refractivity contribution in [3.8, 4) is 0 Å². The number of hydrogen-bond acceptors (Lipinski definition) is 7. The standard InChI is InChI=1S/C26H32ClN5O4/c1-26(2,3)36-25(34)32-18-9-10-19(32)14-31(13-18)22-20-11-12-30(15-21(20)28-23(27)29-22)24(33)35-16-17-7-5-4-6-8-17/h4-8,18-19H,9-16H2,1-3H3/t18-,19+. The average Bonchev–Trinajstić information content (AvgIpc) is 3.11. The molecule has 3 aliphatic heterocycles. The third-order valence-electron chi connectivity index (χ3n) is 6.87. The zero-order valence-electron chi connectivity index (χ0n) is 20.9. The van der Waals surface area contributed by atoms with E-state index < -0.39 is 5.60 Å². The van der Waals surface area contributed by atoms with Crippen LogP contribution >= 0.6 is 11.6 Å². The molecule has 1 aromatic carbocycles. The van der Waals surface area contributed by atoms with Crippen LogP contribution in [0.2, 0.25) is 5.28 Å². The fourth-order valence-corrected chi connectivity index (χ4v) is 5.48. The summed E-state index contributed by atoms with van der Waals surface area (Å²) in [5.74, 6) is 0.808. The number of nitrogens with zero attached hydrogens (tertiary/aromatic N) is 5. The number of amides is 2. The minimum absolute atomic E-state index is 0.0658. The van der Waals surface area contributed by atoms with Crippen molar-refractivity contribution in [2.45, 2.75) is 70.9 Å². The van der Waals surface area contributed by atoms with Crippen LogP contribution in [-0.4, -0.2) is 69.3 Å². The minimum Gasteiger partial charge on any atom is -0.445 e. The van der Waals surface area contributed by atoms with E-state index in [4.69, 9.17) is 21.1 Å². The van der Waals surface area contributed by atoms with Crippen LogP contribution in [0.5, 0.6) is 0 Å². The van der Waals surface area contributed by atoms with Crippen molar-refractivity contribution in [2.24, 2.45) is 0 Å². The van der Waals surface area contributed by atoms with Gasteiger partial charge in [-0.25, -0.2) is 19.6 Å². The van der Waals surface area contributed by atoms with Gasteiger partial charge in [0.1, 0.15) is 18.0 Å². The van der Waals surface area contributed by atoms with Gasteiger partial charge in [0.15, 0.2) is 0 Å². The van der Waals surface area contributed by atoms with Gasteiger partial charge in [-0.05, 0) is 57.2 Å². The Bertz CT molecular complexity index is 1130. The van der Waals surface area contributed by atoms with Gasteiger partial charge in [-0.15, -0.1) is 0 Å². The van der Waals surface area contributed by atoms with Gasteiger partial charge in [0.05, 0.1) is 24.3 Å². The molecule has 2 saturated heterocycles. The van der Waals surface area contributed by atoms with E-state index in [0.717, 1.165) is 35.5 Å². The second kappa shape index (κ2) is 9.76. The third-order valence-corrected chi connectivity index (χ3v) is 7.03. The molecule has 2 bridgehead atoms. The van der Waals surface area contributed by atoms with Crippen LogP contribution in [0.25, 0.3) is 0 Å². The third kappa shape index (κ3) is 5.21. The Morgan fingerprint density at radius 3 is 2.42 bits per heavy atom. The van der Waals surface area contributed by atoms with Gasteiger partial charge in [-0.1, -0.05) is 30.3 Å². The fraction of sp³-hybridized carbons (Fsp3) is 0.538. The first kappa shape index (κ1) is 24.6. The first-order chi connectivity index (χ1) is 17.2. The molecule has 0 N–H and O–H groups in total. The summed E-state index contributed by atoms with van der Waals surface area (Å²) in [6.07, 6.45) is 1.86. The Hall–Kier alpha value is -3.07. The van der Waals surface area contributed by atoms with Crippen LogP contribution in [0.3, 0.4) is 0 Å². The Morgan fingerprint density at radius 2 is 1.75 bits per heavy atom. The van der Waals surface area contributed by atoms with Crippen molar-refractivity contribution in [3.63, 3.8) is 0 Å². The van der Waals surface area contributed by atoms with Gasteiger partial charge in [0, 0.05) is 25.2 Å². The second-order valence-corrected chi connectivity index (χ2v) is 11.0. The fourth-order valence-electron chi connectivity index (χ4n) is 5.30. The molecule has 0 unspecified atom stereocenters. The van der Waals surface area contributed by atoms with Crippen LogP contribution in [0, 0.1) is 0 Å². The van der Waals surface area contributed by atoms with Crippen molar-refractivity contribution in [1.29, 1.82) is 0 Å². The lowest BCUT2D eigenvalue weighted by Gasteiger charge is -2.42. The molecule has 0 saturated carbocycles. The Balaban J connectivity index is 1.28. The van der Waals surface area contributed by atoms with Crippen LogP contribution in [-0.2, 0) is 29.0 Å². The van der Waals surface area contributed by atoms with Crippen molar-refractivity contribution >= 4 is 29.6 Å². The molecule has 4 heterocycles. The van der Waals surface area contributed by atoms with Crippen LogP contribution in [0.4, 0.5) is 15.4 Å². The van der Waals surface area contributed by atoms with E-state index in [2.05, 4.69) is 14.9 Å². The highest BCUT2D eigenvalue weighted by molar-refractivity contribution is 6.28. The van der Waals surface area contributed by atoms with Gasteiger partial charge >= 0.3 is 12.2 Å². The molecule has 0 radical (unpaired) electrons. The molecule has 2 atom stereocenters. The number of ether oxygens (including phenoxy) is 2. The molecule has 10 heteroatoms. The molecule has 9 nitrogen and oxygen atoms in total. The Morgan fingerprint density at radius 1 is 1.06 bits per heavy atom. The van der Waals surface area contributed by atoms with Gasteiger partial charge < -0.3 is 19.3 Å². The summed E-state index contributed by atoms with van der Waals surface area (Å²) in [5, 5.41) is 0.158. The number of benzene rings is 1. The topological polar surface area (TPSA) is 88.1 Å². The van der Waals surface area contributed by atoms with E-state index in [9.17, 15) is 9.59 Å². The number of halogens is 1. The molecular weight excluding hydrogens is 482 g/mol. The number of hydrogen-bond donors (Lipinski definition) is 0. The molecule has 2 aromatic rings. The summed E-state index contributed by atoms with van der Waals surface area (Å²) in [4.78, 5) is 40.4. The largest absolute Gasteiger partial charge is 0.445 e. The number of carbonyl (C=O) groups excluding carboxylic acids is 2. The number of anilines is 1. The molecule has 3 aliphatic rings.